The van der Waals surface area contributed by atoms with Gasteiger partial charge in [0, 0.05) is 34.8 Å². The van der Waals surface area contributed by atoms with Crippen molar-refractivity contribution in [2.75, 3.05) is 6.54 Å². The molecule has 0 saturated carbocycles. The van der Waals surface area contributed by atoms with Crippen molar-refractivity contribution >= 4 is 21.8 Å². The topological polar surface area (TPSA) is 64.0 Å². The van der Waals surface area contributed by atoms with Crippen LogP contribution in [0, 0.1) is 5.82 Å². The third-order valence-electron chi connectivity index (χ3n) is 3.74. The molecule has 7 heteroatoms. The molecular weight excluding hydrogens is 401 g/mol. The summed E-state index contributed by atoms with van der Waals surface area (Å²) in [7, 11) is 0. The van der Waals surface area contributed by atoms with E-state index < -0.39 is 0 Å². The minimum atomic E-state index is -0.344. The fourth-order valence-electron chi connectivity index (χ4n) is 2.39. The molecule has 0 saturated heterocycles. The van der Waals surface area contributed by atoms with Gasteiger partial charge in [0.25, 0.3) is 11.5 Å². The van der Waals surface area contributed by atoms with Crippen molar-refractivity contribution in [1.82, 2.24) is 14.9 Å². The van der Waals surface area contributed by atoms with Crippen molar-refractivity contribution in [1.29, 1.82) is 0 Å². The average Bonchev–Trinajstić information content (AvgIpc) is 2.63. The van der Waals surface area contributed by atoms with Gasteiger partial charge in [0.1, 0.15) is 5.82 Å². The lowest BCUT2D eigenvalue weighted by Gasteiger charge is -2.08. The van der Waals surface area contributed by atoms with Crippen LogP contribution in [0.15, 0.2) is 70.2 Å². The van der Waals surface area contributed by atoms with E-state index in [1.54, 1.807) is 30.3 Å². The summed E-state index contributed by atoms with van der Waals surface area (Å²) in [5.74, 6) is -0.557. The van der Waals surface area contributed by atoms with Crippen molar-refractivity contribution < 1.29 is 9.18 Å². The maximum absolute atomic E-state index is 13.0. The van der Waals surface area contributed by atoms with Crippen LogP contribution in [-0.2, 0) is 6.54 Å². The summed E-state index contributed by atoms with van der Waals surface area (Å²) in [5, 5.41) is 2.77. The molecule has 1 heterocycles. The number of halogens is 2. The monoisotopic (exact) mass is 415 g/mol. The van der Waals surface area contributed by atoms with E-state index >= 15 is 0 Å². The SMILES string of the molecule is O=C(NCCn1cnc(-c2ccc(F)cc2)cc1=O)c1cccc(Br)c1. The third-order valence-corrected chi connectivity index (χ3v) is 4.24. The smallest absolute Gasteiger partial charge is 0.253 e. The molecule has 5 nitrogen and oxygen atoms in total. The zero-order chi connectivity index (χ0) is 18.5. The van der Waals surface area contributed by atoms with Gasteiger partial charge in [-0.2, -0.15) is 0 Å². The molecule has 3 rings (SSSR count). The second kappa shape index (κ2) is 8.05. The molecule has 0 fully saturated rings. The molecular formula is C19H15BrFN3O2. The van der Waals surface area contributed by atoms with Crippen LogP contribution in [0.3, 0.4) is 0 Å². The molecule has 1 N–H and O–H groups in total. The number of nitrogens with zero attached hydrogens (tertiary/aromatic N) is 2. The Hall–Kier alpha value is -2.80. The van der Waals surface area contributed by atoms with Crippen LogP contribution in [0.4, 0.5) is 4.39 Å². The molecule has 1 aromatic heterocycles. The van der Waals surface area contributed by atoms with E-state index in [4.69, 9.17) is 0 Å². The van der Waals surface area contributed by atoms with E-state index in [9.17, 15) is 14.0 Å². The number of carbonyl (C=O) groups is 1. The molecule has 0 aliphatic carbocycles. The molecule has 0 atom stereocenters. The minimum absolute atomic E-state index is 0.213. The molecule has 0 aliphatic heterocycles. The zero-order valence-electron chi connectivity index (χ0n) is 13.7. The van der Waals surface area contributed by atoms with Crippen molar-refractivity contribution in [2.24, 2.45) is 0 Å². The van der Waals surface area contributed by atoms with E-state index in [2.05, 4.69) is 26.2 Å². The Morgan fingerprint density at radius 2 is 1.92 bits per heavy atom. The summed E-state index contributed by atoms with van der Waals surface area (Å²) < 4.78 is 15.2. The lowest BCUT2D eigenvalue weighted by molar-refractivity contribution is 0.0952. The van der Waals surface area contributed by atoms with E-state index in [1.807, 2.05) is 6.07 Å². The molecule has 0 unspecified atom stereocenters. The predicted octanol–water partition coefficient (Wildman–Crippen LogP) is 3.24. The summed E-state index contributed by atoms with van der Waals surface area (Å²) in [6, 6.07) is 14.2. The summed E-state index contributed by atoms with van der Waals surface area (Å²) in [6.07, 6.45) is 1.42. The van der Waals surface area contributed by atoms with Crippen LogP contribution < -0.4 is 10.9 Å². The molecule has 1 amide bonds. The van der Waals surface area contributed by atoms with Gasteiger partial charge in [-0.05, 0) is 42.5 Å². The van der Waals surface area contributed by atoms with Gasteiger partial charge in [-0.3, -0.25) is 14.2 Å². The highest BCUT2D eigenvalue weighted by molar-refractivity contribution is 9.10. The quantitative estimate of drug-likeness (QED) is 0.695. The normalized spacial score (nSPS) is 10.5. The van der Waals surface area contributed by atoms with E-state index in [-0.39, 0.29) is 17.3 Å². The van der Waals surface area contributed by atoms with E-state index in [1.165, 1.54) is 29.1 Å². The van der Waals surface area contributed by atoms with Crippen molar-refractivity contribution in [3.8, 4) is 11.3 Å². The highest BCUT2D eigenvalue weighted by atomic mass is 79.9. The fraction of sp³-hybridized carbons (Fsp3) is 0.105. The number of nitrogens with one attached hydrogen (secondary N) is 1. The minimum Gasteiger partial charge on any atom is -0.350 e. The van der Waals surface area contributed by atoms with Gasteiger partial charge in [0.2, 0.25) is 0 Å². The number of carbonyl (C=O) groups excluding carboxylic acids is 1. The molecule has 0 spiro atoms. The molecule has 132 valence electrons. The first-order valence-corrected chi connectivity index (χ1v) is 8.68. The van der Waals surface area contributed by atoms with Gasteiger partial charge in [-0.15, -0.1) is 0 Å². The Morgan fingerprint density at radius 3 is 2.62 bits per heavy atom. The van der Waals surface area contributed by atoms with Crippen molar-refractivity contribution in [3.05, 3.63) is 87.1 Å². The van der Waals surface area contributed by atoms with Crippen molar-refractivity contribution in [2.45, 2.75) is 6.54 Å². The standard InChI is InChI=1S/C19H15BrFN3O2/c20-15-3-1-2-14(10-15)19(26)22-8-9-24-12-23-17(11-18(24)25)13-4-6-16(21)7-5-13/h1-7,10-12H,8-9H2,(H,22,26). The number of amides is 1. The van der Waals surface area contributed by atoms with Crippen LogP contribution in [0.1, 0.15) is 10.4 Å². The highest BCUT2D eigenvalue weighted by Gasteiger charge is 2.06. The molecule has 0 aliphatic rings. The Bertz CT molecular complexity index is 987. The summed E-state index contributed by atoms with van der Waals surface area (Å²) in [5.41, 5.74) is 1.44. The highest BCUT2D eigenvalue weighted by Crippen LogP contribution is 2.15. The first-order valence-electron chi connectivity index (χ1n) is 7.89. The first kappa shape index (κ1) is 18.0. The van der Waals surface area contributed by atoms with Gasteiger partial charge in [0.15, 0.2) is 0 Å². The number of hydrogen-bond acceptors (Lipinski definition) is 3. The number of hydrogen-bond donors (Lipinski definition) is 1. The summed E-state index contributed by atoms with van der Waals surface area (Å²) >= 11 is 3.32. The first-order chi connectivity index (χ1) is 12.5. The Kier molecular flexibility index (Phi) is 5.58. The van der Waals surface area contributed by atoms with Gasteiger partial charge in [-0.25, -0.2) is 9.37 Å². The Morgan fingerprint density at radius 1 is 1.15 bits per heavy atom. The van der Waals surface area contributed by atoms with Crippen LogP contribution in [0.2, 0.25) is 0 Å². The van der Waals surface area contributed by atoms with Crippen LogP contribution in [-0.4, -0.2) is 22.0 Å². The predicted molar refractivity (Wildman–Crippen MR) is 100 cm³/mol. The Balaban J connectivity index is 1.63. The van der Waals surface area contributed by atoms with E-state index in [0.29, 0.717) is 29.9 Å². The van der Waals surface area contributed by atoms with Crippen LogP contribution in [0.5, 0.6) is 0 Å². The molecule has 0 radical (unpaired) electrons. The molecule has 26 heavy (non-hydrogen) atoms. The maximum Gasteiger partial charge on any atom is 0.253 e. The van der Waals surface area contributed by atoms with Gasteiger partial charge in [-0.1, -0.05) is 22.0 Å². The van der Waals surface area contributed by atoms with Crippen molar-refractivity contribution in [3.63, 3.8) is 0 Å². The number of rotatable bonds is 5. The maximum atomic E-state index is 13.0. The Labute approximate surface area is 157 Å². The lowest BCUT2D eigenvalue weighted by Crippen LogP contribution is -2.30. The van der Waals surface area contributed by atoms with Gasteiger partial charge >= 0.3 is 0 Å². The summed E-state index contributed by atoms with van der Waals surface area (Å²) in [6.45, 7) is 0.595. The van der Waals surface area contributed by atoms with E-state index in [0.717, 1.165) is 4.47 Å². The molecule has 0 bridgehead atoms. The fourth-order valence-corrected chi connectivity index (χ4v) is 2.79. The third kappa shape index (κ3) is 4.43. The molecule has 2 aromatic carbocycles. The molecule has 3 aromatic rings. The van der Waals surface area contributed by atoms with Crippen LogP contribution >= 0.6 is 15.9 Å². The van der Waals surface area contributed by atoms with Crippen LogP contribution in [0.25, 0.3) is 11.3 Å². The van der Waals surface area contributed by atoms with Gasteiger partial charge < -0.3 is 5.32 Å². The van der Waals surface area contributed by atoms with Gasteiger partial charge in [0.05, 0.1) is 12.0 Å². The second-order valence-corrected chi connectivity index (χ2v) is 6.49. The number of aromatic nitrogens is 2. The second-order valence-electron chi connectivity index (χ2n) is 5.58. The largest absolute Gasteiger partial charge is 0.350 e. The lowest BCUT2D eigenvalue weighted by atomic mass is 10.1. The number of benzene rings is 2. The zero-order valence-corrected chi connectivity index (χ0v) is 15.2. The summed E-state index contributed by atoms with van der Waals surface area (Å²) in [4.78, 5) is 28.5. The average molecular weight is 416 g/mol.